The Bertz CT molecular complexity index is 965. The van der Waals surface area contributed by atoms with Gasteiger partial charge in [-0.25, -0.2) is 9.59 Å². The Morgan fingerprint density at radius 2 is 1.62 bits per heavy atom. The zero-order chi connectivity index (χ0) is 29.1. The Balaban J connectivity index is 1.53. The standard InChI is InChI=1S/C34H50O6/c1-6-7-8-9-26-10-19-32(38-20-26)30-17-15-28(16-18-30)27-11-13-29(14-12-27)31(21-39-33(36)23(2)3)22-40-34(37)24(4)25(5)35/h11-14,25-26,28,30-32,35H,2,4,6-10,15-22H2,1,3,5H3. The maximum atomic E-state index is 12.2. The van der Waals surface area contributed by atoms with E-state index in [4.69, 9.17) is 14.2 Å². The number of hydrogen-bond donors (Lipinski definition) is 1. The van der Waals surface area contributed by atoms with Crippen molar-refractivity contribution in [3.05, 3.63) is 59.7 Å². The number of unbranched alkanes of at least 4 members (excludes halogenated alkanes) is 2. The van der Waals surface area contributed by atoms with E-state index in [0.29, 0.717) is 23.5 Å². The molecule has 4 atom stereocenters. The van der Waals surface area contributed by atoms with Crippen LogP contribution in [0, 0.1) is 11.8 Å². The molecule has 0 radical (unpaired) electrons. The lowest BCUT2D eigenvalue weighted by Gasteiger charge is -2.38. The summed E-state index contributed by atoms with van der Waals surface area (Å²) in [5, 5.41) is 9.62. The molecule has 6 heteroatoms. The lowest BCUT2D eigenvalue weighted by atomic mass is 9.75. The molecule has 4 unspecified atom stereocenters. The second-order valence-corrected chi connectivity index (χ2v) is 12.0. The normalized spacial score (nSPS) is 24.5. The molecule has 1 saturated heterocycles. The van der Waals surface area contributed by atoms with Crippen molar-refractivity contribution in [2.24, 2.45) is 11.8 Å². The number of hydrogen-bond acceptors (Lipinski definition) is 6. The van der Waals surface area contributed by atoms with Crippen LogP contribution in [0.2, 0.25) is 0 Å². The fourth-order valence-corrected chi connectivity index (χ4v) is 5.95. The van der Waals surface area contributed by atoms with Gasteiger partial charge in [-0.1, -0.05) is 63.6 Å². The average Bonchev–Trinajstić information content (AvgIpc) is 2.97. The third-order valence-corrected chi connectivity index (χ3v) is 8.74. The Kier molecular flexibility index (Phi) is 12.9. The van der Waals surface area contributed by atoms with Crippen LogP contribution >= 0.6 is 0 Å². The summed E-state index contributed by atoms with van der Waals surface area (Å²) in [4.78, 5) is 24.2. The number of esters is 2. The third kappa shape index (κ3) is 9.59. The van der Waals surface area contributed by atoms with Gasteiger partial charge in [0.1, 0.15) is 13.2 Å². The molecule has 0 amide bonds. The Hall–Kier alpha value is -2.44. The summed E-state index contributed by atoms with van der Waals surface area (Å²) < 4.78 is 17.2. The van der Waals surface area contributed by atoms with Gasteiger partial charge in [-0.05, 0) is 87.7 Å². The molecule has 222 valence electrons. The maximum Gasteiger partial charge on any atom is 0.336 e. The molecule has 1 aromatic rings. The van der Waals surface area contributed by atoms with Gasteiger partial charge < -0.3 is 19.3 Å². The van der Waals surface area contributed by atoms with Crippen LogP contribution in [-0.4, -0.2) is 49.1 Å². The van der Waals surface area contributed by atoms with Crippen molar-refractivity contribution in [3.63, 3.8) is 0 Å². The molecule has 6 nitrogen and oxygen atoms in total. The topological polar surface area (TPSA) is 82.1 Å². The van der Waals surface area contributed by atoms with Crippen molar-refractivity contribution in [1.82, 2.24) is 0 Å². The van der Waals surface area contributed by atoms with E-state index in [1.807, 2.05) is 12.1 Å². The molecule has 1 aliphatic heterocycles. The SMILES string of the molecule is C=C(C)C(=O)OCC(COC(=O)C(=C)C(C)O)c1ccc(C2CCC(C3CCC(CCCCC)CO3)CC2)cc1. The molecule has 2 fully saturated rings. The highest BCUT2D eigenvalue weighted by atomic mass is 16.5. The first-order valence-corrected chi connectivity index (χ1v) is 15.3. The van der Waals surface area contributed by atoms with E-state index in [2.05, 4.69) is 32.2 Å². The molecule has 0 aromatic heterocycles. The largest absolute Gasteiger partial charge is 0.462 e. The Morgan fingerprint density at radius 1 is 0.975 bits per heavy atom. The number of aliphatic hydroxyl groups is 1. The zero-order valence-corrected chi connectivity index (χ0v) is 24.9. The molecule has 1 N–H and O–H groups in total. The molecule has 0 spiro atoms. The van der Waals surface area contributed by atoms with Gasteiger partial charge in [0.15, 0.2) is 0 Å². The second-order valence-electron chi connectivity index (χ2n) is 12.0. The molecule has 1 aromatic carbocycles. The number of carbonyl (C=O) groups is 2. The van der Waals surface area contributed by atoms with Crippen LogP contribution in [0.15, 0.2) is 48.6 Å². The summed E-state index contributed by atoms with van der Waals surface area (Å²) in [6, 6.07) is 8.40. The van der Waals surface area contributed by atoms with Crippen LogP contribution in [-0.2, 0) is 23.8 Å². The van der Waals surface area contributed by atoms with Crippen LogP contribution in [0.25, 0.3) is 0 Å². The highest BCUT2D eigenvalue weighted by Crippen LogP contribution is 2.40. The van der Waals surface area contributed by atoms with Gasteiger partial charge in [-0.15, -0.1) is 0 Å². The van der Waals surface area contributed by atoms with E-state index in [1.54, 1.807) is 6.92 Å². The molecule has 1 aliphatic carbocycles. The van der Waals surface area contributed by atoms with Gasteiger partial charge in [0.2, 0.25) is 0 Å². The molecule has 0 bridgehead atoms. The number of rotatable bonds is 14. The van der Waals surface area contributed by atoms with E-state index < -0.39 is 18.0 Å². The lowest BCUT2D eigenvalue weighted by Crippen LogP contribution is -2.34. The van der Waals surface area contributed by atoms with Crippen molar-refractivity contribution < 1.29 is 28.9 Å². The second kappa shape index (κ2) is 16.1. The predicted octanol–water partition coefficient (Wildman–Crippen LogP) is 7.02. The van der Waals surface area contributed by atoms with Gasteiger partial charge in [0.25, 0.3) is 0 Å². The molecule has 2 aliphatic rings. The van der Waals surface area contributed by atoms with E-state index in [0.717, 1.165) is 18.1 Å². The van der Waals surface area contributed by atoms with Gasteiger partial charge in [0, 0.05) is 12.2 Å². The maximum absolute atomic E-state index is 12.2. The van der Waals surface area contributed by atoms with Gasteiger partial charge in [-0.2, -0.15) is 0 Å². The molecule has 1 saturated carbocycles. The van der Waals surface area contributed by atoms with E-state index >= 15 is 0 Å². The molecular formula is C34H50O6. The van der Waals surface area contributed by atoms with Crippen LogP contribution < -0.4 is 0 Å². The van der Waals surface area contributed by atoms with Crippen molar-refractivity contribution in [2.75, 3.05) is 19.8 Å². The fraction of sp³-hybridized carbons (Fsp3) is 0.647. The smallest absolute Gasteiger partial charge is 0.336 e. The average molecular weight is 555 g/mol. The highest BCUT2D eigenvalue weighted by Gasteiger charge is 2.32. The van der Waals surface area contributed by atoms with Gasteiger partial charge in [-0.3, -0.25) is 0 Å². The summed E-state index contributed by atoms with van der Waals surface area (Å²) in [5.74, 6) is 0.480. The first-order chi connectivity index (χ1) is 19.2. The lowest BCUT2D eigenvalue weighted by molar-refractivity contribution is -0.143. The van der Waals surface area contributed by atoms with Crippen LogP contribution in [0.1, 0.15) is 108 Å². The minimum absolute atomic E-state index is 0.00551. The van der Waals surface area contributed by atoms with Crippen molar-refractivity contribution >= 4 is 11.9 Å². The van der Waals surface area contributed by atoms with Gasteiger partial charge >= 0.3 is 11.9 Å². The summed E-state index contributed by atoms with van der Waals surface area (Å²) in [6.07, 6.45) is 12.0. The summed E-state index contributed by atoms with van der Waals surface area (Å²) in [7, 11) is 0. The number of benzene rings is 1. The number of carbonyl (C=O) groups excluding carboxylic acids is 2. The predicted molar refractivity (Wildman–Crippen MR) is 158 cm³/mol. The van der Waals surface area contributed by atoms with Crippen molar-refractivity contribution in [2.45, 2.75) is 109 Å². The first kappa shape index (κ1) is 32.1. The van der Waals surface area contributed by atoms with Crippen molar-refractivity contribution in [3.8, 4) is 0 Å². The van der Waals surface area contributed by atoms with E-state index in [-0.39, 0.29) is 24.7 Å². The third-order valence-electron chi connectivity index (χ3n) is 8.74. The minimum atomic E-state index is -0.987. The molecule has 3 rings (SSSR count). The van der Waals surface area contributed by atoms with Crippen LogP contribution in [0.3, 0.4) is 0 Å². The van der Waals surface area contributed by atoms with Gasteiger partial charge in [0.05, 0.1) is 23.7 Å². The molecule has 40 heavy (non-hydrogen) atoms. The minimum Gasteiger partial charge on any atom is -0.462 e. The Morgan fingerprint density at radius 3 is 2.17 bits per heavy atom. The van der Waals surface area contributed by atoms with Crippen LogP contribution in [0.4, 0.5) is 0 Å². The molecule has 1 heterocycles. The number of aliphatic hydroxyl groups excluding tert-OH is 1. The monoisotopic (exact) mass is 554 g/mol. The van der Waals surface area contributed by atoms with Crippen molar-refractivity contribution in [1.29, 1.82) is 0 Å². The zero-order valence-electron chi connectivity index (χ0n) is 24.9. The van der Waals surface area contributed by atoms with Crippen LogP contribution in [0.5, 0.6) is 0 Å². The van der Waals surface area contributed by atoms with E-state index in [1.165, 1.54) is 76.7 Å². The quantitative estimate of drug-likeness (QED) is 0.151. The summed E-state index contributed by atoms with van der Waals surface area (Å²) in [5.41, 5.74) is 2.55. The Labute approximate surface area is 241 Å². The highest BCUT2D eigenvalue weighted by molar-refractivity contribution is 5.88. The fourth-order valence-electron chi connectivity index (χ4n) is 5.95. The first-order valence-electron chi connectivity index (χ1n) is 15.3. The number of ether oxygens (including phenoxy) is 3. The molecular weight excluding hydrogens is 504 g/mol. The van der Waals surface area contributed by atoms with E-state index in [9.17, 15) is 14.7 Å². The summed E-state index contributed by atoms with van der Waals surface area (Å²) >= 11 is 0. The summed E-state index contributed by atoms with van der Waals surface area (Å²) in [6.45, 7) is 13.6.